The van der Waals surface area contributed by atoms with Crippen molar-refractivity contribution in [3.8, 4) is 39.7 Å². The largest absolute Gasteiger partial charge is 0.309 e. The van der Waals surface area contributed by atoms with E-state index in [1.165, 1.54) is 10.8 Å². The van der Waals surface area contributed by atoms with E-state index >= 15 is 0 Å². The SMILES string of the molecule is [C-]#[N+]c1ccc(-n2c3ccccc3c3c(C#N)cccc32)cc1-c1cc(-c2ccccc2)cc(-n2c3ccccc3c3ccccc32)c1. The minimum Gasteiger partial charge on any atom is -0.309 e. The Labute approximate surface area is 277 Å². The lowest BCUT2D eigenvalue weighted by Gasteiger charge is -2.16. The molecule has 0 bridgehead atoms. The van der Waals surface area contributed by atoms with E-state index < -0.39 is 0 Å². The van der Waals surface area contributed by atoms with Gasteiger partial charge >= 0.3 is 0 Å². The lowest BCUT2D eigenvalue weighted by atomic mass is 9.96. The van der Waals surface area contributed by atoms with Crippen LogP contribution in [0.25, 0.3) is 82.1 Å². The molecule has 0 spiro atoms. The molecule has 0 aliphatic carbocycles. The van der Waals surface area contributed by atoms with Crippen molar-refractivity contribution in [2.24, 2.45) is 0 Å². The second-order valence-electron chi connectivity index (χ2n) is 12.0. The van der Waals surface area contributed by atoms with E-state index in [0.29, 0.717) is 11.3 Å². The number of nitrogens with zero attached hydrogens (tertiary/aromatic N) is 4. The topological polar surface area (TPSA) is 38.0 Å². The van der Waals surface area contributed by atoms with Crippen molar-refractivity contribution in [1.29, 1.82) is 5.26 Å². The molecule has 0 atom stereocenters. The molecule has 4 nitrogen and oxygen atoms in total. The number of hydrogen-bond donors (Lipinski definition) is 0. The average Bonchev–Trinajstić information content (AvgIpc) is 3.68. The summed E-state index contributed by atoms with van der Waals surface area (Å²) in [4.78, 5) is 4.01. The van der Waals surface area contributed by atoms with Crippen molar-refractivity contribution in [3.05, 3.63) is 175 Å². The van der Waals surface area contributed by atoms with Crippen molar-refractivity contribution in [1.82, 2.24) is 9.13 Å². The molecular weight excluding hydrogens is 585 g/mol. The Hall–Kier alpha value is -6.88. The predicted octanol–water partition coefficient (Wildman–Crippen LogP) is 11.6. The molecule has 0 unspecified atom stereocenters. The summed E-state index contributed by atoms with van der Waals surface area (Å²) < 4.78 is 4.54. The van der Waals surface area contributed by atoms with Gasteiger partial charge in [0.1, 0.15) is 0 Å². The van der Waals surface area contributed by atoms with Crippen molar-refractivity contribution in [2.45, 2.75) is 0 Å². The van der Waals surface area contributed by atoms with Crippen LogP contribution in [0.2, 0.25) is 0 Å². The zero-order valence-corrected chi connectivity index (χ0v) is 25.8. The standard InChI is InChI=1S/C44H26N4/c1-46-39-23-22-33(47-42-20-10-7-17-37(42)44-30(28-45)14-11-21-43(44)47)27-38(39)32-24-31(29-12-3-2-4-13-29)25-34(26-32)48-40-18-8-5-15-35(40)36-16-6-9-19-41(36)48/h2-27H. The first-order valence-corrected chi connectivity index (χ1v) is 15.9. The maximum absolute atomic E-state index is 10.00. The molecule has 0 saturated carbocycles. The summed E-state index contributed by atoms with van der Waals surface area (Å²) in [6.07, 6.45) is 0. The van der Waals surface area contributed by atoms with Crippen molar-refractivity contribution in [3.63, 3.8) is 0 Å². The van der Waals surface area contributed by atoms with Gasteiger partial charge in [0.2, 0.25) is 0 Å². The molecule has 0 amide bonds. The van der Waals surface area contributed by atoms with Gasteiger partial charge < -0.3 is 9.13 Å². The van der Waals surface area contributed by atoms with Crippen molar-refractivity contribution >= 4 is 49.3 Å². The number of rotatable bonds is 4. The zero-order valence-electron chi connectivity index (χ0n) is 25.8. The second kappa shape index (κ2) is 10.9. The zero-order chi connectivity index (χ0) is 32.2. The van der Waals surface area contributed by atoms with Gasteiger partial charge in [-0.2, -0.15) is 5.26 Å². The molecule has 9 rings (SSSR count). The number of fused-ring (bicyclic) bond motifs is 6. The van der Waals surface area contributed by atoms with Crippen molar-refractivity contribution in [2.75, 3.05) is 0 Å². The molecule has 0 fully saturated rings. The van der Waals surface area contributed by atoms with Gasteiger partial charge in [0.05, 0.1) is 40.3 Å². The summed E-state index contributed by atoms with van der Waals surface area (Å²) in [5, 5.41) is 14.4. The van der Waals surface area contributed by atoms with Crippen LogP contribution in [0.15, 0.2) is 158 Å². The van der Waals surface area contributed by atoms with Gasteiger partial charge in [-0.1, -0.05) is 97.1 Å². The molecule has 0 N–H and O–H groups in total. The highest BCUT2D eigenvalue weighted by molar-refractivity contribution is 6.12. The first-order valence-electron chi connectivity index (χ1n) is 15.9. The van der Waals surface area contributed by atoms with Crippen LogP contribution in [0.1, 0.15) is 5.56 Å². The molecule has 9 aromatic rings. The Balaban J connectivity index is 1.34. The molecule has 0 saturated heterocycles. The van der Waals surface area contributed by atoms with Crippen LogP contribution in [0, 0.1) is 17.9 Å². The van der Waals surface area contributed by atoms with E-state index in [2.05, 4.69) is 135 Å². The third kappa shape index (κ3) is 4.14. The van der Waals surface area contributed by atoms with Crippen LogP contribution < -0.4 is 0 Å². The third-order valence-electron chi connectivity index (χ3n) is 9.35. The third-order valence-corrected chi connectivity index (χ3v) is 9.35. The van der Waals surface area contributed by atoms with Crippen LogP contribution in [0.3, 0.4) is 0 Å². The van der Waals surface area contributed by atoms with Gasteiger partial charge in [-0.3, -0.25) is 0 Å². The van der Waals surface area contributed by atoms with Crippen LogP contribution >= 0.6 is 0 Å². The maximum Gasteiger partial charge on any atom is 0.195 e. The average molecular weight is 611 g/mol. The van der Waals surface area contributed by atoms with Crippen LogP contribution in [0.4, 0.5) is 5.69 Å². The fourth-order valence-corrected chi connectivity index (χ4v) is 7.28. The number of para-hydroxylation sites is 3. The van der Waals surface area contributed by atoms with E-state index in [1.807, 2.05) is 42.5 Å². The molecular formula is C44H26N4. The Bertz CT molecular complexity index is 2750. The quantitative estimate of drug-likeness (QED) is 0.183. The number of nitriles is 1. The predicted molar refractivity (Wildman–Crippen MR) is 197 cm³/mol. The summed E-state index contributed by atoms with van der Waals surface area (Å²) in [5.74, 6) is 0. The highest BCUT2D eigenvalue weighted by atomic mass is 15.0. The fraction of sp³-hybridized carbons (Fsp3) is 0. The lowest BCUT2D eigenvalue weighted by Crippen LogP contribution is -1.97. The fourth-order valence-electron chi connectivity index (χ4n) is 7.28. The van der Waals surface area contributed by atoms with Gasteiger partial charge in [-0.05, 0) is 82.9 Å². The summed E-state index contributed by atoms with van der Waals surface area (Å²) in [6.45, 7) is 8.20. The second-order valence-corrected chi connectivity index (χ2v) is 12.0. The van der Waals surface area contributed by atoms with Gasteiger partial charge in [0.25, 0.3) is 0 Å². The normalized spacial score (nSPS) is 11.3. The molecule has 0 radical (unpaired) electrons. The van der Waals surface area contributed by atoms with E-state index in [9.17, 15) is 5.26 Å². The number of aromatic nitrogens is 2. The monoisotopic (exact) mass is 610 g/mol. The Morgan fingerprint density at radius 3 is 1.75 bits per heavy atom. The molecule has 2 heterocycles. The summed E-state index contributed by atoms with van der Waals surface area (Å²) >= 11 is 0. The molecule has 0 aliphatic rings. The van der Waals surface area contributed by atoms with Gasteiger partial charge in [-0.25, -0.2) is 4.85 Å². The Kier molecular flexibility index (Phi) is 6.22. The van der Waals surface area contributed by atoms with Crippen LogP contribution in [-0.2, 0) is 0 Å². The number of benzene rings is 7. The molecule has 2 aromatic heterocycles. The minimum absolute atomic E-state index is 0.579. The number of hydrogen-bond acceptors (Lipinski definition) is 1. The van der Waals surface area contributed by atoms with E-state index in [0.717, 1.165) is 66.5 Å². The highest BCUT2D eigenvalue weighted by Gasteiger charge is 2.18. The maximum atomic E-state index is 10.00. The molecule has 7 aromatic carbocycles. The minimum atomic E-state index is 0.579. The van der Waals surface area contributed by atoms with Gasteiger partial charge in [-0.15, -0.1) is 0 Å². The highest BCUT2D eigenvalue weighted by Crippen LogP contribution is 2.41. The van der Waals surface area contributed by atoms with E-state index in [1.54, 1.807) is 0 Å². The lowest BCUT2D eigenvalue weighted by molar-refractivity contribution is 1.17. The molecule has 4 heteroatoms. The smallest absolute Gasteiger partial charge is 0.195 e. The van der Waals surface area contributed by atoms with Crippen LogP contribution in [-0.4, -0.2) is 9.13 Å². The first-order chi connectivity index (χ1) is 23.7. The molecule has 0 aliphatic heterocycles. The van der Waals surface area contributed by atoms with Gasteiger partial charge in [0, 0.05) is 32.9 Å². The summed E-state index contributed by atoms with van der Waals surface area (Å²) in [7, 11) is 0. The molecule has 48 heavy (non-hydrogen) atoms. The summed E-state index contributed by atoms with van der Waals surface area (Å²) in [5.41, 5.74) is 11.4. The summed E-state index contributed by atoms with van der Waals surface area (Å²) in [6, 6.07) is 56.7. The van der Waals surface area contributed by atoms with Crippen molar-refractivity contribution < 1.29 is 0 Å². The van der Waals surface area contributed by atoms with E-state index in [4.69, 9.17) is 6.57 Å². The first kappa shape index (κ1) is 27.4. The molecule has 222 valence electrons. The van der Waals surface area contributed by atoms with E-state index in [-0.39, 0.29) is 0 Å². The Morgan fingerprint density at radius 2 is 1.06 bits per heavy atom. The Morgan fingerprint density at radius 1 is 0.479 bits per heavy atom. The van der Waals surface area contributed by atoms with Crippen LogP contribution in [0.5, 0.6) is 0 Å². The van der Waals surface area contributed by atoms with Gasteiger partial charge in [0.15, 0.2) is 5.69 Å².